The summed E-state index contributed by atoms with van der Waals surface area (Å²) in [5, 5.41) is 0.652. The Hall–Kier alpha value is -0.290. The number of nitrogens with zero attached hydrogens (tertiary/aromatic N) is 1. The number of hydrogen-bond donors (Lipinski definition) is 0. The van der Waals surface area contributed by atoms with Crippen molar-refractivity contribution >= 4 is 40.1 Å². The van der Waals surface area contributed by atoms with Gasteiger partial charge in [-0.2, -0.15) is 0 Å². The molecule has 1 fully saturated rings. The van der Waals surface area contributed by atoms with Gasteiger partial charge in [-0.15, -0.1) is 0 Å². The highest BCUT2D eigenvalue weighted by Crippen LogP contribution is 2.30. The molecule has 0 N–H and O–H groups in total. The SMILES string of the molecule is CCN(CC1CC1)C(=O)c1ccc(I)c(Cl)c1. The molecule has 1 aromatic carbocycles. The zero-order valence-corrected chi connectivity index (χ0v) is 12.7. The molecule has 2 rings (SSSR count). The Balaban J connectivity index is 2.12. The Morgan fingerprint density at radius 1 is 1.53 bits per heavy atom. The van der Waals surface area contributed by atoms with Gasteiger partial charge in [-0.05, 0) is 66.5 Å². The smallest absolute Gasteiger partial charge is 0.253 e. The van der Waals surface area contributed by atoms with Crippen molar-refractivity contribution in [3.63, 3.8) is 0 Å². The van der Waals surface area contributed by atoms with Crippen LogP contribution in [0, 0.1) is 9.49 Å². The average molecular weight is 364 g/mol. The summed E-state index contributed by atoms with van der Waals surface area (Å²) in [5.41, 5.74) is 0.693. The quantitative estimate of drug-likeness (QED) is 0.745. The fourth-order valence-corrected chi connectivity index (χ4v) is 2.30. The fraction of sp³-hybridized carbons (Fsp3) is 0.462. The number of benzene rings is 1. The molecule has 0 bridgehead atoms. The number of amides is 1. The zero-order chi connectivity index (χ0) is 12.4. The third-order valence-corrected chi connectivity index (χ3v) is 4.58. The standard InChI is InChI=1S/C13H15ClINO/c1-2-16(8-9-3-4-9)13(17)10-5-6-12(15)11(14)7-10/h5-7,9H,2-4,8H2,1H3. The van der Waals surface area contributed by atoms with Gasteiger partial charge in [-0.25, -0.2) is 0 Å². The summed E-state index contributed by atoms with van der Waals surface area (Å²) in [7, 11) is 0. The predicted molar refractivity (Wildman–Crippen MR) is 78.5 cm³/mol. The van der Waals surface area contributed by atoms with Crippen LogP contribution >= 0.6 is 34.2 Å². The van der Waals surface area contributed by atoms with Crippen LogP contribution in [0.15, 0.2) is 18.2 Å². The summed E-state index contributed by atoms with van der Waals surface area (Å²) in [5.74, 6) is 0.816. The highest BCUT2D eigenvalue weighted by Gasteiger charge is 2.26. The first-order chi connectivity index (χ1) is 8.11. The molecule has 0 aliphatic heterocycles. The summed E-state index contributed by atoms with van der Waals surface area (Å²) in [6.07, 6.45) is 2.52. The van der Waals surface area contributed by atoms with Crippen LogP contribution in [0.25, 0.3) is 0 Å². The van der Waals surface area contributed by atoms with Crippen molar-refractivity contribution in [2.24, 2.45) is 5.92 Å². The number of carbonyl (C=O) groups excluding carboxylic acids is 1. The Morgan fingerprint density at radius 2 is 2.24 bits per heavy atom. The molecule has 0 aromatic heterocycles. The summed E-state index contributed by atoms with van der Waals surface area (Å²) in [6.45, 7) is 3.67. The van der Waals surface area contributed by atoms with E-state index in [9.17, 15) is 4.79 Å². The van der Waals surface area contributed by atoms with E-state index in [0.717, 1.165) is 22.6 Å². The van der Waals surface area contributed by atoms with Gasteiger partial charge in [0.25, 0.3) is 5.91 Å². The Bertz CT molecular complexity index is 431. The van der Waals surface area contributed by atoms with E-state index in [4.69, 9.17) is 11.6 Å². The van der Waals surface area contributed by atoms with Crippen molar-refractivity contribution in [1.82, 2.24) is 4.90 Å². The van der Waals surface area contributed by atoms with E-state index >= 15 is 0 Å². The number of halogens is 2. The summed E-state index contributed by atoms with van der Waals surface area (Å²) in [4.78, 5) is 14.2. The van der Waals surface area contributed by atoms with Gasteiger partial charge in [0.15, 0.2) is 0 Å². The first-order valence-corrected chi connectivity index (χ1v) is 7.31. The minimum absolute atomic E-state index is 0.0951. The minimum Gasteiger partial charge on any atom is -0.339 e. The van der Waals surface area contributed by atoms with Gasteiger partial charge in [0.05, 0.1) is 5.02 Å². The van der Waals surface area contributed by atoms with Crippen LogP contribution in [0.2, 0.25) is 5.02 Å². The monoisotopic (exact) mass is 363 g/mol. The summed E-state index contributed by atoms with van der Waals surface area (Å²) < 4.78 is 0.978. The third-order valence-electron chi connectivity index (χ3n) is 3.01. The molecule has 1 aliphatic carbocycles. The van der Waals surface area contributed by atoms with Gasteiger partial charge >= 0.3 is 0 Å². The maximum atomic E-state index is 12.3. The molecule has 0 unspecified atom stereocenters. The van der Waals surface area contributed by atoms with E-state index in [-0.39, 0.29) is 5.91 Å². The normalized spacial score (nSPS) is 14.8. The molecule has 1 saturated carbocycles. The van der Waals surface area contributed by atoms with Crippen molar-refractivity contribution < 1.29 is 4.79 Å². The molecule has 4 heteroatoms. The molecular formula is C13H15ClINO. The maximum Gasteiger partial charge on any atom is 0.253 e. The lowest BCUT2D eigenvalue weighted by Gasteiger charge is -2.20. The number of carbonyl (C=O) groups is 1. The van der Waals surface area contributed by atoms with E-state index in [0.29, 0.717) is 10.6 Å². The predicted octanol–water partition coefficient (Wildman–Crippen LogP) is 3.82. The van der Waals surface area contributed by atoms with Crippen LogP contribution in [0.3, 0.4) is 0 Å². The zero-order valence-electron chi connectivity index (χ0n) is 9.75. The van der Waals surface area contributed by atoms with Crippen LogP contribution in [0.1, 0.15) is 30.1 Å². The maximum absolute atomic E-state index is 12.3. The minimum atomic E-state index is 0.0951. The molecule has 0 heterocycles. The Morgan fingerprint density at radius 3 is 2.76 bits per heavy atom. The van der Waals surface area contributed by atoms with Crippen molar-refractivity contribution in [2.75, 3.05) is 13.1 Å². The first-order valence-electron chi connectivity index (χ1n) is 5.86. The van der Waals surface area contributed by atoms with Gasteiger partial charge in [0, 0.05) is 22.2 Å². The number of hydrogen-bond acceptors (Lipinski definition) is 1. The lowest BCUT2D eigenvalue weighted by Crippen LogP contribution is -2.32. The molecule has 1 amide bonds. The number of rotatable bonds is 4. The molecule has 0 radical (unpaired) electrons. The van der Waals surface area contributed by atoms with E-state index in [1.165, 1.54) is 12.8 Å². The van der Waals surface area contributed by atoms with Crippen LogP contribution < -0.4 is 0 Å². The van der Waals surface area contributed by atoms with E-state index in [1.807, 2.05) is 24.0 Å². The average Bonchev–Trinajstić information content (AvgIpc) is 3.12. The second-order valence-corrected chi connectivity index (χ2v) is 5.99. The second-order valence-electron chi connectivity index (χ2n) is 4.42. The molecule has 92 valence electrons. The molecule has 2 nitrogen and oxygen atoms in total. The molecular weight excluding hydrogens is 349 g/mol. The van der Waals surface area contributed by atoms with Crippen LogP contribution in [0.4, 0.5) is 0 Å². The van der Waals surface area contributed by atoms with Gasteiger partial charge in [0.1, 0.15) is 0 Å². The topological polar surface area (TPSA) is 20.3 Å². The molecule has 0 spiro atoms. The fourth-order valence-electron chi connectivity index (χ4n) is 1.78. The molecule has 17 heavy (non-hydrogen) atoms. The van der Waals surface area contributed by atoms with Gasteiger partial charge < -0.3 is 4.90 Å². The molecule has 1 aromatic rings. The van der Waals surface area contributed by atoms with Crippen LogP contribution in [-0.4, -0.2) is 23.9 Å². The Kier molecular flexibility index (Phi) is 4.31. The van der Waals surface area contributed by atoms with E-state index < -0.39 is 0 Å². The Labute approximate surface area is 120 Å². The third kappa shape index (κ3) is 3.35. The summed E-state index contributed by atoms with van der Waals surface area (Å²) >= 11 is 8.21. The van der Waals surface area contributed by atoms with Crippen molar-refractivity contribution in [3.05, 3.63) is 32.4 Å². The lowest BCUT2D eigenvalue weighted by atomic mass is 10.2. The largest absolute Gasteiger partial charge is 0.339 e. The van der Waals surface area contributed by atoms with Crippen molar-refractivity contribution in [1.29, 1.82) is 0 Å². The van der Waals surface area contributed by atoms with Crippen molar-refractivity contribution in [2.45, 2.75) is 19.8 Å². The lowest BCUT2D eigenvalue weighted by molar-refractivity contribution is 0.0757. The van der Waals surface area contributed by atoms with Crippen LogP contribution in [-0.2, 0) is 0 Å². The molecule has 0 saturated heterocycles. The van der Waals surface area contributed by atoms with Gasteiger partial charge in [-0.1, -0.05) is 11.6 Å². The highest BCUT2D eigenvalue weighted by atomic mass is 127. The van der Waals surface area contributed by atoms with Crippen LogP contribution in [0.5, 0.6) is 0 Å². The van der Waals surface area contributed by atoms with Crippen molar-refractivity contribution in [3.8, 4) is 0 Å². The second kappa shape index (κ2) is 5.57. The van der Waals surface area contributed by atoms with E-state index in [2.05, 4.69) is 22.6 Å². The molecule has 0 atom stereocenters. The van der Waals surface area contributed by atoms with Gasteiger partial charge in [0.2, 0.25) is 0 Å². The first kappa shape index (κ1) is 13.1. The summed E-state index contributed by atoms with van der Waals surface area (Å²) in [6, 6.07) is 5.51. The highest BCUT2D eigenvalue weighted by molar-refractivity contribution is 14.1. The molecule has 1 aliphatic rings. The van der Waals surface area contributed by atoms with E-state index in [1.54, 1.807) is 6.07 Å². The van der Waals surface area contributed by atoms with Gasteiger partial charge in [-0.3, -0.25) is 4.79 Å².